The molecule has 102 valence electrons. The first-order valence-electron chi connectivity index (χ1n) is 6.22. The zero-order valence-corrected chi connectivity index (χ0v) is 11.5. The maximum absolute atomic E-state index is 5.67. The number of benzene rings is 1. The third-order valence-corrected chi connectivity index (χ3v) is 2.88. The molecule has 0 fully saturated rings. The van der Waals surface area contributed by atoms with Crippen LogP contribution in [0, 0.1) is 6.92 Å². The van der Waals surface area contributed by atoms with Gasteiger partial charge >= 0.3 is 0 Å². The molecule has 0 saturated carbocycles. The van der Waals surface area contributed by atoms with Crippen molar-refractivity contribution in [3.63, 3.8) is 0 Å². The average molecular weight is 261 g/mol. The molecular formula is C15H19NO3. The van der Waals surface area contributed by atoms with E-state index in [-0.39, 0.29) is 0 Å². The molecule has 0 saturated heterocycles. The molecule has 1 heterocycles. The van der Waals surface area contributed by atoms with Gasteiger partial charge in [-0.2, -0.15) is 0 Å². The molecule has 0 aliphatic carbocycles. The van der Waals surface area contributed by atoms with Crippen LogP contribution in [0.15, 0.2) is 34.7 Å². The minimum Gasteiger partial charge on any atom is -0.497 e. The molecule has 0 amide bonds. The van der Waals surface area contributed by atoms with Crippen molar-refractivity contribution in [3.05, 3.63) is 47.4 Å². The highest BCUT2D eigenvalue weighted by atomic mass is 16.5. The quantitative estimate of drug-likeness (QED) is 0.868. The molecule has 2 aromatic rings. The van der Waals surface area contributed by atoms with Crippen molar-refractivity contribution in [3.8, 4) is 11.5 Å². The summed E-state index contributed by atoms with van der Waals surface area (Å²) in [5, 5.41) is 3.11. The lowest BCUT2D eigenvalue weighted by molar-refractivity contribution is 0.267. The number of hydrogen-bond acceptors (Lipinski definition) is 4. The molecule has 0 bridgehead atoms. The first kappa shape index (κ1) is 13.5. The summed E-state index contributed by atoms with van der Waals surface area (Å²) < 4.78 is 16.4. The second-order valence-corrected chi connectivity index (χ2v) is 4.29. The normalized spacial score (nSPS) is 10.5. The molecule has 0 unspecified atom stereocenters. The van der Waals surface area contributed by atoms with Gasteiger partial charge in [0.15, 0.2) is 0 Å². The number of hydrogen-bond donors (Lipinski definition) is 1. The summed E-state index contributed by atoms with van der Waals surface area (Å²) in [6.07, 6.45) is 0. The minimum atomic E-state index is 0.427. The lowest BCUT2D eigenvalue weighted by Gasteiger charge is -2.05. The zero-order chi connectivity index (χ0) is 13.7. The highest BCUT2D eigenvalue weighted by molar-refractivity contribution is 5.31. The molecule has 2 rings (SSSR count). The van der Waals surface area contributed by atoms with Crippen LogP contribution in [0.3, 0.4) is 0 Å². The molecule has 0 atom stereocenters. The Hall–Kier alpha value is -1.94. The summed E-state index contributed by atoms with van der Waals surface area (Å²) in [5.74, 6) is 3.38. The summed E-state index contributed by atoms with van der Waals surface area (Å²) in [7, 11) is 3.56. The van der Waals surface area contributed by atoms with E-state index >= 15 is 0 Å². The van der Waals surface area contributed by atoms with Crippen molar-refractivity contribution in [1.82, 2.24) is 5.32 Å². The van der Waals surface area contributed by atoms with Gasteiger partial charge in [0.1, 0.15) is 29.6 Å². The highest BCUT2D eigenvalue weighted by Gasteiger charge is 2.07. The Morgan fingerprint density at radius 2 is 1.84 bits per heavy atom. The standard InChI is InChI=1S/C15H19NO3/c1-11-12(9-16-2)8-15(19-11)10-18-14-6-4-13(17-3)5-7-14/h4-8,16H,9-10H2,1-3H3. The fraction of sp³-hybridized carbons (Fsp3) is 0.333. The van der Waals surface area contributed by atoms with Gasteiger partial charge in [-0.3, -0.25) is 0 Å². The topological polar surface area (TPSA) is 43.6 Å². The van der Waals surface area contributed by atoms with E-state index in [1.807, 2.05) is 44.3 Å². The summed E-state index contributed by atoms with van der Waals surface area (Å²) in [5.41, 5.74) is 1.16. The summed E-state index contributed by atoms with van der Waals surface area (Å²) in [6.45, 7) is 3.19. The minimum absolute atomic E-state index is 0.427. The van der Waals surface area contributed by atoms with Crippen LogP contribution in [0.4, 0.5) is 0 Å². The Morgan fingerprint density at radius 3 is 2.47 bits per heavy atom. The van der Waals surface area contributed by atoms with E-state index in [2.05, 4.69) is 5.32 Å². The Morgan fingerprint density at radius 1 is 1.16 bits per heavy atom. The van der Waals surface area contributed by atoms with Gasteiger partial charge in [-0.05, 0) is 44.3 Å². The van der Waals surface area contributed by atoms with Gasteiger partial charge in [-0.1, -0.05) is 0 Å². The molecule has 0 aliphatic heterocycles. The molecule has 0 radical (unpaired) electrons. The fourth-order valence-electron chi connectivity index (χ4n) is 1.85. The molecular weight excluding hydrogens is 242 g/mol. The van der Waals surface area contributed by atoms with E-state index in [9.17, 15) is 0 Å². The van der Waals surface area contributed by atoms with Crippen molar-refractivity contribution < 1.29 is 13.9 Å². The average Bonchev–Trinajstić information content (AvgIpc) is 2.78. The van der Waals surface area contributed by atoms with Gasteiger partial charge in [-0.25, -0.2) is 0 Å². The van der Waals surface area contributed by atoms with Crippen LogP contribution in [-0.4, -0.2) is 14.2 Å². The summed E-state index contributed by atoms with van der Waals surface area (Å²) in [6, 6.07) is 9.52. The van der Waals surface area contributed by atoms with Crippen LogP contribution in [0.2, 0.25) is 0 Å². The van der Waals surface area contributed by atoms with E-state index in [1.54, 1.807) is 7.11 Å². The van der Waals surface area contributed by atoms with Gasteiger partial charge in [0.25, 0.3) is 0 Å². The molecule has 19 heavy (non-hydrogen) atoms. The van der Waals surface area contributed by atoms with Crippen LogP contribution in [-0.2, 0) is 13.2 Å². The zero-order valence-electron chi connectivity index (χ0n) is 11.5. The molecule has 0 spiro atoms. The summed E-state index contributed by atoms with van der Waals surface area (Å²) >= 11 is 0. The molecule has 1 aromatic carbocycles. The van der Waals surface area contributed by atoms with Gasteiger partial charge in [0, 0.05) is 12.1 Å². The molecule has 1 N–H and O–H groups in total. The van der Waals surface area contributed by atoms with Gasteiger partial charge in [0.2, 0.25) is 0 Å². The van der Waals surface area contributed by atoms with Crippen molar-refractivity contribution in [2.75, 3.05) is 14.2 Å². The number of ether oxygens (including phenoxy) is 2. The number of rotatable bonds is 6. The monoisotopic (exact) mass is 261 g/mol. The maximum Gasteiger partial charge on any atom is 0.146 e. The van der Waals surface area contributed by atoms with Crippen LogP contribution >= 0.6 is 0 Å². The Labute approximate surface area is 113 Å². The van der Waals surface area contributed by atoms with Crippen molar-refractivity contribution in [1.29, 1.82) is 0 Å². The maximum atomic E-state index is 5.67. The van der Waals surface area contributed by atoms with Crippen molar-refractivity contribution in [2.24, 2.45) is 0 Å². The van der Waals surface area contributed by atoms with E-state index < -0.39 is 0 Å². The SMILES string of the molecule is CNCc1cc(COc2ccc(OC)cc2)oc1C. The second kappa shape index (κ2) is 6.29. The van der Waals surface area contributed by atoms with Gasteiger partial charge in [0.05, 0.1) is 7.11 Å². The Kier molecular flexibility index (Phi) is 4.47. The van der Waals surface area contributed by atoms with E-state index in [0.29, 0.717) is 6.61 Å². The molecule has 4 nitrogen and oxygen atoms in total. The third kappa shape index (κ3) is 3.51. The van der Waals surface area contributed by atoms with Crippen LogP contribution in [0.5, 0.6) is 11.5 Å². The number of nitrogens with one attached hydrogen (secondary N) is 1. The number of aryl methyl sites for hydroxylation is 1. The largest absolute Gasteiger partial charge is 0.497 e. The van der Waals surface area contributed by atoms with E-state index in [4.69, 9.17) is 13.9 Å². The van der Waals surface area contributed by atoms with Crippen molar-refractivity contribution >= 4 is 0 Å². The molecule has 0 aliphatic rings. The highest BCUT2D eigenvalue weighted by Crippen LogP contribution is 2.20. The first-order valence-corrected chi connectivity index (χ1v) is 6.22. The number of methoxy groups -OCH3 is 1. The predicted molar refractivity (Wildman–Crippen MR) is 73.5 cm³/mol. The van der Waals surface area contributed by atoms with Gasteiger partial charge in [-0.15, -0.1) is 0 Å². The molecule has 4 heteroatoms. The second-order valence-electron chi connectivity index (χ2n) is 4.29. The fourth-order valence-corrected chi connectivity index (χ4v) is 1.85. The Balaban J connectivity index is 1.95. The first-order chi connectivity index (χ1) is 9.22. The van der Waals surface area contributed by atoms with Crippen molar-refractivity contribution in [2.45, 2.75) is 20.1 Å². The molecule has 1 aromatic heterocycles. The van der Waals surface area contributed by atoms with Crippen LogP contribution in [0.25, 0.3) is 0 Å². The van der Waals surface area contributed by atoms with E-state index in [0.717, 1.165) is 35.1 Å². The lowest BCUT2D eigenvalue weighted by Crippen LogP contribution is -2.04. The lowest BCUT2D eigenvalue weighted by atomic mass is 10.2. The Bertz CT molecular complexity index is 517. The van der Waals surface area contributed by atoms with E-state index in [1.165, 1.54) is 0 Å². The van der Waals surface area contributed by atoms with Gasteiger partial charge < -0.3 is 19.2 Å². The predicted octanol–water partition coefficient (Wildman–Crippen LogP) is 2.90. The third-order valence-electron chi connectivity index (χ3n) is 2.88. The van der Waals surface area contributed by atoms with Crippen LogP contribution < -0.4 is 14.8 Å². The number of furan rings is 1. The van der Waals surface area contributed by atoms with Crippen LogP contribution in [0.1, 0.15) is 17.1 Å². The summed E-state index contributed by atoms with van der Waals surface area (Å²) in [4.78, 5) is 0. The smallest absolute Gasteiger partial charge is 0.146 e.